The number of hydrogen-bond donors (Lipinski definition) is 2. The van der Waals surface area contributed by atoms with Crippen molar-refractivity contribution in [3.8, 4) is 0 Å². The molecule has 0 aliphatic carbocycles. The number of hydrogen-bond acceptors (Lipinski definition) is 6. The highest BCUT2D eigenvalue weighted by atomic mass is 32.2. The van der Waals surface area contributed by atoms with Gasteiger partial charge >= 0.3 is 16.2 Å². The van der Waals surface area contributed by atoms with Gasteiger partial charge in [0, 0.05) is 38.0 Å². The molecule has 3 aromatic rings. The van der Waals surface area contributed by atoms with Gasteiger partial charge < -0.3 is 10.2 Å². The topological polar surface area (TPSA) is 125 Å². The van der Waals surface area contributed by atoms with Crippen molar-refractivity contribution in [3.63, 3.8) is 0 Å². The van der Waals surface area contributed by atoms with Crippen LogP contribution in [-0.4, -0.2) is 50.0 Å². The van der Waals surface area contributed by atoms with E-state index in [0.29, 0.717) is 23.7 Å². The fourth-order valence-corrected chi connectivity index (χ4v) is 5.08. The second-order valence-corrected chi connectivity index (χ2v) is 10.1. The van der Waals surface area contributed by atoms with E-state index in [1.807, 2.05) is 4.72 Å². The van der Waals surface area contributed by atoms with E-state index >= 15 is 0 Å². The molecule has 0 fully saturated rings. The van der Waals surface area contributed by atoms with E-state index in [-0.39, 0.29) is 24.3 Å². The Bertz CT molecular complexity index is 1420. The molecule has 37 heavy (non-hydrogen) atoms. The number of likely N-dealkylation sites (N-methyl/N-ethyl adjacent to an activating group) is 1. The lowest BCUT2D eigenvalue weighted by molar-refractivity contribution is -0.120. The lowest BCUT2D eigenvalue weighted by Gasteiger charge is -2.25. The number of nitrogens with zero attached hydrogens (tertiary/aromatic N) is 4. The summed E-state index contributed by atoms with van der Waals surface area (Å²) in [5.41, 5.74) is 1.92. The Balaban J connectivity index is 1.55. The van der Waals surface area contributed by atoms with E-state index in [2.05, 4.69) is 15.3 Å². The number of rotatable bonds is 7. The standard InChI is InChI=1S/C24H24F2N6O4S/c1-15-5-6-20(14-28-15)31(2)23(33)21(12-16-10-18(25)13-19(26)11-16)29-24(34)30-37(35,36)32-9-7-17-4-3-8-27-22(17)32/h3-6,8,10-11,13-14,21H,7,9,12H2,1-2H3,(H2,29,30,34)/t21-/m0/s1. The Morgan fingerprint density at radius 2 is 1.86 bits per heavy atom. The van der Waals surface area contributed by atoms with Crippen molar-refractivity contribution in [2.75, 3.05) is 22.8 Å². The molecule has 0 radical (unpaired) electrons. The number of benzene rings is 1. The molecular formula is C24H24F2N6O4S. The summed E-state index contributed by atoms with van der Waals surface area (Å²) in [6.45, 7) is 1.86. The van der Waals surface area contributed by atoms with Crippen LogP contribution in [0.2, 0.25) is 0 Å². The third-order valence-corrected chi connectivity index (χ3v) is 7.16. The summed E-state index contributed by atoms with van der Waals surface area (Å²) < 4.78 is 56.2. The smallest absolute Gasteiger partial charge is 0.325 e. The van der Waals surface area contributed by atoms with Crippen molar-refractivity contribution in [1.82, 2.24) is 20.0 Å². The van der Waals surface area contributed by atoms with Crippen LogP contribution in [0.15, 0.2) is 54.9 Å². The predicted octanol–water partition coefficient (Wildman–Crippen LogP) is 2.24. The van der Waals surface area contributed by atoms with Gasteiger partial charge in [-0.05, 0) is 54.8 Å². The minimum atomic E-state index is -4.35. The van der Waals surface area contributed by atoms with Crippen LogP contribution in [0, 0.1) is 18.6 Å². The summed E-state index contributed by atoms with van der Waals surface area (Å²) in [5.74, 6) is -2.16. The van der Waals surface area contributed by atoms with E-state index in [1.54, 1.807) is 31.2 Å². The third kappa shape index (κ3) is 6.00. The van der Waals surface area contributed by atoms with Gasteiger partial charge in [0.05, 0.1) is 11.9 Å². The number of halogens is 2. The fourth-order valence-electron chi connectivity index (χ4n) is 3.96. The molecule has 0 unspecified atom stereocenters. The van der Waals surface area contributed by atoms with Gasteiger partial charge in [-0.25, -0.2) is 27.6 Å². The van der Waals surface area contributed by atoms with E-state index < -0.39 is 39.8 Å². The maximum absolute atomic E-state index is 13.8. The summed E-state index contributed by atoms with van der Waals surface area (Å²) in [7, 11) is -2.91. The molecule has 3 amide bonds. The zero-order valence-corrected chi connectivity index (χ0v) is 20.8. The monoisotopic (exact) mass is 530 g/mol. The Morgan fingerprint density at radius 3 is 2.54 bits per heavy atom. The molecule has 0 spiro atoms. The molecule has 0 saturated carbocycles. The number of amides is 3. The van der Waals surface area contributed by atoms with Crippen LogP contribution in [-0.2, 0) is 27.8 Å². The molecule has 3 heterocycles. The fraction of sp³-hybridized carbons (Fsp3) is 0.250. The first-order valence-electron chi connectivity index (χ1n) is 11.2. The maximum atomic E-state index is 13.8. The van der Waals surface area contributed by atoms with Crippen molar-refractivity contribution >= 4 is 33.7 Å². The first-order chi connectivity index (χ1) is 17.5. The Hall–Kier alpha value is -4.13. The first-order valence-corrected chi connectivity index (χ1v) is 12.7. The van der Waals surface area contributed by atoms with Crippen LogP contribution < -0.4 is 19.2 Å². The van der Waals surface area contributed by atoms with Crippen molar-refractivity contribution in [3.05, 3.63) is 83.3 Å². The summed E-state index contributed by atoms with van der Waals surface area (Å²) >= 11 is 0. The molecule has 1 atom stereocenters. The molecule has 1 aliphatic heterocycles. The maximum Gasteiger partial charge on any atom is 0.330 e. The number of aryl methyl sites for hydroxylation is 1. The Labute approximate surface area is 212 Å². The van der Waals surface area contributed by atoms with Gasteiger partial charge in [-0.3, -0.25) is 9.78 Å². The Kier molecular flexibility index (Phi) is 7.34. The quantitative estimate of drug-likeness (QED) is 0.483. The molecule has 1 aliphatic rings. The van der Waals surface area contributed by atoms with Crippen LogP contribution in [0.1, 0.15) is 16.8 Å². The first kappa shape index (κ1) is 25.9. The zero-order chi connectivity index (χ0) is 26.7. The lowest BCUT2D eigenvalue weighted by Crippen LogP contribution is -2.54. The van der Waals surface area contributed by atoms with Crippen LogP contribution in [0.25, 0.3) is 0 Å². The number of anilines is 2. The van der Waals surface area contributed by atoms with Crippen molar-refractivity contribution < 1.29 is 26.8 Å². The normalized spacial score (nSPS) is 13.6. The van der Waals surface area contributed by atoms with Crippen molar-refractivity contribution in [2.45, 2.75) is 25.8 Å². The number of urea groups is 1. The minimum absolute atomic E-state index is 0.0864. The molecule has 0 saturated heterocycles. The number of aromatic nitrogens is 2. The molecule has 0 bridgehead atoms. The van der Waals surface area contributed by atoms with E-state index in [1.165, 1.54) is 24.3 Å². The van der Waals surface area contributed by atoms with Crippen LogP contribution in [0.4, 0.5) is 25.1 Å². The van der Waals surface area contributed by atoms with Crippen molar-refractivity contribution in [1.29, 1.82) is 0 Å². The molecule has 194 valence electrons. The highest BCUT2D eigenvalue weighted by Crippen LogP contribution is 2.26. The summed E-state index contributed by atoms with van der Waals surface area (Å²) in [6.07, 6.45) is 3.01. The SMILES string of the molecule is Cc1ccc(N(C)C(=O)[C@H](Cc2cc(F)cc(F)c2)NC(=O)NS(=O)(=O)N2CCc3cccnc32)cn1. The summed E-state index contributed by atoms with van der Waals surface area (Å²) in [4.78, 5) is 35.5. The van der Waals surface area contributed by atoms with E-state index in [0.717, 1.165) is 22.1 Å². The molecule has 1 aromatic carbocycles. The van der Waals surface area contributed by atoms with Crippen molar-refractivity contribution in [2.24, 2.45) is 0 Å². The van der Waals surface area contributed by atoms with Gasteiger partial charge in [-0.2, -0.15) is 8.42 Å². The number of fused-ring (bicyclic) bond motifs is 1. The molecule has 10 nitrogen and oxygen atoms in total. The highest BCUT2D eigenvalue weighted by Gasteiger charge is 2.33. The highest BCUT2D eigenvalue weighted by molar-refractivity contribution is 7.91. The zero-order valence-electron chi connectivity index (χ0n) is 20.0. The Morgan fingerprint density at radius 1 is 1.14 bits per heavy atom. The second-order valence-electron chi connectivity index (χ2n) is 8.48. The van der Waals surface area contributed by atoms with Crippen LogP contribution >= 0.6 is 0 Å². The molecule has 2 aromatic heterocycles. The predicted molar refractivity (Wildman–Crippen MR) is 132 cm³/mol. The number of pyridine rings is 2. The number of carbonyl (C=O) groups is 2. The molecule has 4 rings (SSSR count). The minimum Gasteiger partial charge on any atom is -0.325 e. The average molecular weight is 531 g/mol. The lowest BCUT2D eigenvalue weighted by atomic mass is 10.0. The second kappa shape index (κ2) is 10.5. The summed E-state index contributed by atoms with van der Waals surface area (Å²) in [5, 5.41) is 2.34. The number of carbonyl (C=O) groups excluding carboxylic acids is 2. The van der Waals surface area contributed by atoms with Crippen LogP contribution in [0.5, 0.6) is 0 Å². The van der Waals surface area contributed by atoms with Gasteiger partial charge in [0.15, 0.2) is 0 Å². The van der Waals surface area contributed by atoms with Gasteiger partial charge in [0.1, 0.15) is 23.5 Å². The van der Waals surface area contributed by atoms with E-state index in [4.69, 9.17) is 0 Å². The largest absolute Gasteiger partial charge is 0.330 e. The van der Waals surface area contributed by atoms with Gasteiger partial charge in [-0.15, -0.1) is 0 Å². The van der Waals surface area contributed by atoms with Crippen LogP contribution in [0.3, 0.4) is 0 Å². The van der Waals surface area contributed by atoms with E-state index in [9.17, 15) is 26.8 Å². The summed E-state index contributed by atoms with van der Waals surface area (Å²) in [6, 6.07) is 6.92. The van der Waals surface area contributed by atoms with Gasteiger partial charge in [-0.1, -0.05) is 6.07 Å². The van der Waals surface area contributed by atoms with Gasteiger partial charge in [0.2, 0.25) is 5.91 Å². The third-order valence-electron chi connectivity index (χ3n) is 5.78. The molecule has 2 N–H and O–H groups in total. The molecular weight excluding hydrogens is 506 g/mol. The molecule has 13 heteroatoms. The average Bonchev–Trinajstić information content (AvgIpc) is 3.27. The number of nitrogens with one attached hydrogen (secondary N) is 2. The van der Waals surface area contributed by atoms with Gasteiger partial charge in [0.25, 0.3) is 0 Å².